The first kappa shape index (κ1) is 19.3. The fourth-order valence-electron chi connectivity index (χ4n) is 3.26. The number of anilines is 1. The molecule has 144 valence electrons. The van der Waals surface area contributed by atoms with E-state index in [1.54, 1.807) is 17.2 Å². The van der Waals surface area contributed by atoms with E-state index in [2.05, 4.69) is 38.4 Å². The molecule has 2 aromatic heterocycles. The molecular weight excluding hydrogens is 458 g/mol. The summed E-state index contributed by atoms with van der Waals surface area (Å²) in [6, 6.07) is 11.4. The van der Waals surface area contributed by atoms with Gasteiger partial charge in [0.2, 0.25) is 5.91 Å². The van der Waals surface area contributed by atoms with Crippen LogP contribution in [-0.4, -0.2) is 34.3 Å². The Morgan fingerprint density at radius 3 is 2.82 bits per heavy atom. The number of carbonyl (C=O) groups is 2. The zero-order valence-electron chi connectivity index (χ0n) is 14.9. The third-order valence-corrected chi connectivity index (χ3v) is 6.92. The highest BCUT2D eigenvalue weighted by molar-refractivity contribution is 9.10. The van der Waals surface area contributed by atoms with Crippen LogP contribution in [0.2, 0.25) is 0 Å². The lowest BCUT2D eigenvalue weighted by molar-refractivity contribution is -0.119. The van der Waals surface area contributed by atoms with Gasteiger partial charge < -0.3 is 10.2 Å². The van der Waals surface area contributed by atoms with Crippen molar-refractivity contribution in [1.29, 1.82) is 0 Å². The molecule has 28 heavy (non-hydrogen) atoms. The number of nitrogens with zero attached hydrogens (tertiary/aromatic N) is 2. The highest BCUT2D eigenvalue weighted by Gasteiger charge is 2.35. The van der Waals surface area contributed by atoms with E-state index in [9.17, 15) is 9.59 Å². The summed E-state index contributed by atoms with van der Waals surface area (Å²) in [5, 5.41) is 5.35. The summed E-state index contributed by atoms with van der Waals surface area (Å²) in [6.45, 7) is 0.613. The van der Waals surface area contributed by atoms with E-state index >= 15 is 0 Å². The van der Waals surface area contributed by atoms with Crippen molar-refractivity contribution < 1.29 is 9.59 Å². The first-order valence-corrected chi connectivity index (χ1v) is 11.4. The summed E-state index contributed by atoms with van der Waals surface area (Å²) < 4.78 is 1.05. The van der Waals surface area contributed by atoms with Gasteiger partial charge in [-0.15, -0.1) is 22.7 Å². The number of hydrogen-bond acceptors (Lipinski definition) is 5. The first-order valence-electron chi connectivity index (χ1n) is 8.94. The van der Waals surface area contributed by atoms with Crippen molar-refractivity contribution in [3.05, 3.63) is 67.8 Å². The minimum atomic E-state index is -0.437. The van der Waals surface area contributed by atoms with Crippen LogP contribution in [0.3, 0.4) is 0 Å². The maximum Gasteiger partial charge on any atom is 0.264 e. The normalized spacial score (nSPS) is 16.3. The van der Waals surface area contributed by atoms with Crippen molar-refractivity contribution >= 4 is 55.5 Å². The topological polar surface area (TPSA) is 62.3 Å². The maximum atomic E-state index is 12.8. The number of thiophene rings is 1. The molecule has 0 radical (unpaired) electrons. The van der Waals surface area contributed by atoms with Gasteiger partial charge >= 0.3 is 0 Å². The molecule has 8 heteroatoms. The van der Waals surface area contributed by atoms with Gasteiger partial charge in [-0.25, -0.2) is 4.98 Å². The Labute approximate surface area is 179 Å². The molecule has 0 saturated carbocycles. The monoisotopic (exact) mass is 475 g/mol. The SMILES string of the molecule is O=C(Nc1ncc(Cc2ccc(Br)cc2)s1)[C@@H]1CCCN1C(=O)c1cccs1. The highest BCUT2D eigenvalue weighted by Crippen LogP contribution is 2.26. The number of amides is 2. The number of thiazole rings is 1. The van der Waals surface area contributed by atoms with Crippen LogP contribution in [0, 0.1) is 0 Å². The van der Waals surface area contributed by atoms with Gasteiger partial charge in [0.25, 0.3) is 5.91 Å². The number of rotatable bonds is 5. The largest absolute Gasteiger partial charge is 0.326 e. The molecule has 1 aromatic carbocycles. The van der Waals surface area contributed by atoms with Gasteiger partial charge in [-0.1, -0.05) is 34.1 Å². The molecular formula is C20H18BrN3O2S2. The van der Waals surface area contributed by atoms with Gasteiger partial charge in [0.15, 0.2) is 5.13 Å². The van der Waals surface area contributed by atoms with Gasteiger partial charge in [-0.3, -0.25) is 9.59 Å². The number of likely N-dealkylation sites (tertiary alicyclic amines) is 1. The molecule has 0 unspecified atom stereocenters. The number of halogens is 1. The van der Waals surface area contributed by atoms with Crippen molar-refractivity contribution in [3.8, 4) is 0 Å². The van der Waals surface area contributed by atoms with Gasteiger partial charge in [0, 0.05) is 28.5 Å². The summed E-state index contributed by atoms with van der Waals surface area (Å²) >= 11 is 6.31. The molecule has 1 aliphatic rings. The van der Waals surface area contributed by atoms with E-state index in [-0.39, 0.29) is 11.8 Å². The molecule has 0 bridgehead atoms. The van der Waals surface area contributed by atoms with Crippen LogP contribution in [0.15, 0.2) is 52.4 Å². The molecule has 1 aliphatic heterocycles. The van der Waals surface area contributed by atoms with Crippen LogP contribution in [0.25, 0.3) is 0 Å². The van der Waals surface area contributed by atoms with E-state index in [1.807, 2.05) is 23.6 Å². The van der Waals surface area contributed by atoms with E-state index in [1.165, 1.54) is 28.2 Å². The minimum absolute atomic E-state index is 0.0669. The molecule has 1 atom stereocenters. The van der Waals surface area contributed by atoms with Crippen molar-refractivity contribution in [2.24, 2.45) is 0 Å². The number of nitrogens with one attached hydrogen (secondary N) is 1. The number of carbonyl (C=O) groups excluding carboxylic acids is 2. The van der Waals surface area contributed by atoms with Crippen LogP contribution in [0.4, 0.5) is 5.13 Å². The quantitative estimate of drug-likeness (QED) is 0.576. The van der Waals surface area contributed by atoms with Crippen molar-refractivity contribution in [3.63, 3.8) is 0 Å². The van der Waals surface area contributed by atoms with Crippen LogP contribution < -0.4 is 5.32 Å². The molecule has 1 N–H and O–H groups in total. The average Bonchev–Trinajstić information content (AvgIpc) is 3.45. The average molecular weight is 476 g/mol. The Balaban J connectivity index is 1.40. The lowest BCUT2D eigenvalue weighted by Gasteiger charge is -2.22. The van der Waals surface area contributed by atoms with E-state index in [0.29, 0.717) is 23.0 Å². The number of benzene rings is 1. The van der Waals surface area contributed by atoms with Crippen molar-refractivity contribution in [1.82, 2.24) is 9.88 Å². The molecule has 0 spiro atoms. The van der Waals surface area contributed by atoms with E-state index in [4.69, 9.17) is 0 Å². The summed E-state index contributed by atoms with van der Waals surface area (Å²) in [6.07, 6.45) is 4.08. The second-order valence-electron chi connectivity index (χ2n) is 6.56. The summed E-state index contributed by atoms with van der Waals surface area (Å²) in [7, 11) is 0. The zero-order chi connectivity index (χ0) is 19.5. The van der Waals surface area contributed by atoms with Gasteiger partial charge in [0.05, 0.1) is 4.88 Å². The molecule has 3 aromatic rings. The Bertz CT molecular complexity index is 970. The standard InChI is InChI=1S/C20H18BrN3O2S2/c21-14-7-5-13(6-8-14)11-15-12-22-20(28-15)23-18(25)16-3-1-9-24(16)19(26)17-4-2-10-27-17/h2,4-8,10,12,16H,1,3,9,11H2,(H,22,23,25)/t16-/m0/s1. The van der Waals surface area contributed by atoms with Crippen LogP contribution in [-0.2, 0) is 11.2 Å². The van der Waals surface area contributed by atoms with Gasteiger partial charge in [-0.05, 0) is 42.0 Å². The lowest BCUT2D eigenvalue weighted by Crippen LogP contribution is -2.42. The molecule has 2 amide bonds. The molecule has 0 aliphatic carbocycles. The summed E-state index contributed by atoms with van der Waals surface area (Å²) in [5.41, 5.74) is 1.19. The first-order chi connectivity index (χ1) is 13.6. The van der Waals surface area contributed by atoms with Gasteiger partial charge in [-0.2, -0.15) is 0 Å². The molecule has 4 rings (SSSR count). The molecule has 1 saturated heterocycles. The zero-order valence-corrected chi connectivity index (χ0v) is 18.1. The molecule has 1 fully saturated rings. The van der Waals surface area contributed by atoms with Gasteiger partial charge in [0.1, 0.15) is 6.04 Å². The number of aromatic nitrogens is 1. The van der Waals surface area contributed by atoms with E-state index in [0.717, 1.165) is 22.2 Å². The molecule has 5 nitrogen and oxygen atoms in total. The third-order valence-electron chi connectivity index (χ3n) is 4.62. The Kier molecular flexibility index (Phi) is 5.89. The number of hydrogen-bond donors (Lipinski definition) is 1. The third kappa shape index (κ3) is 4.34. The fourth-order valence-corrected chi connectivity index (χ4v) is 5.06. The summed E-state index contributed by atoms with van der Waals surface area (Å²) in [5.74, 6) is -0.227. The van der Waals surface area contributed by atoms with E-state index < -0.39 is 6.04 Å². The summed E-state index contributed by atoms with van der Waals surface area (Å²) in [4.78, 5) is 33.2. The Hall–Kier alpha value is -2.03. The second-order valence-corrected chi connectivity index (χ2v) is 9.54. The van der Waals surface area contributed by atoms with Crippen LogP contribution in [0.5, 0.6) is 0 Å². The highest BCUT2D eigenvalue weighted by atomic mass is 79.9. The Morgan fingerprint density at radius 2 is 2.07 bits per heavy atom. The lowest BCUT2D eigenvalue weighted by atomic mass is 10.1. The molecule has 3 heterocycles. The minimum Gasteiger partial charge on any atom is -0.326 e. The van der Waals surface area contributed by atoms with Crippen LogP contribution >= 0.6 is 38.6 Å². The smallest absolute Gasteiger partial charge is 0.264 e. The van der Waals surface area contributed by atoms with Crippen LogP contribution in [0.1, 0.15) is 33.0 Å². The van der Waals surface area contributed by atoms with Crippen molar-refractivity contribution in [2.75, 3.05) is 11.9 Å². The van der Waals surface area contributed by atoms with Crippen molar-refractivity contribution in [2.45, 2.75) is 25.3 Å². The predicted molar refractivity (Wildman–Crippen MR) is 116 cm³/mol. The fraction of sp³-hybridized carbons (Fsp3) is 0.250. The maximum absolute atomic E-state index is 12.8. The Morgan fingerprint density at radius 1 is 1.25 bits per heavy atom. The second kappa shape index (κ2) is 8.55. The predicted octanol–water partition coefficient (Wildman–Crippen LogP) is 4.80.